The summed E-state index contributed by atoms with van der Waals surface area (Å²) in [6.45, 7) is 5.52. The SMILES string of the molecule is CCn1c(C)c(CCCN)c2cccc(C(=O)O)c21. The van der Waals surface area contributed by atoms with Gasteiger partial charge < -0.3 is 15.4 Å². The predicted molar refractivity (Wildman–Crippen MR) is 76.7 cm³/mol. The third-order valence-electron chi connectivity index (χ3n) is 3.65. The Labute approximate surface area is 112 Å². The summed E-state index contributed by atoms with van der Waals surface area (Å²) in [5.41, 5.74) is 9.18. The van der Waals surface area contributed by atoms with Crippen molar-refractivity contribution in [1.82, 2.24) is 4.57 Å². The lowest BCUT2D eigenvalue weighted by molar-refractivity contribution is 0.0698. The fourth-order valence-electron chi connectivity index (χ4n) is 2.77. The van der Waals surface area contributed by atoms with Gasteiger partial charge >= 0.3 is 5.97 Å². The van der Waals surface area contributed by atoms with E-state index in [0.717, 1.165) is 36.0 Å². The Morgan fingerprint density at radius 1 is 1.42 bits per heavy atom. The number of nitrogens with zero attached hydrogens (tertiary/aromatic N) is 1. The predicted octanol–water partition coefficient (Wildman–Crippen LogP) is 2.56. The summed E-state index contributed by atoms with van der Waals surface area (Å²) in [6.07, 6.45) is 1.82. The highest BCUT2D eigenvalue weighted by atomic mass is 16.4. The second-order valence-corrected chi connectivity index (χ2v) is 4.71. The molecule has 1 aromatic carbocycles. The smallest absolute Gasteiger partial charge is 0.337 e. The molecule has 1 aromatic heterocycles. The molecule has 2 aromatic rings. The van der Waals surface area contributed by atoms with Crippen molar-refractivity contribution < 1.29 is 9.90 Å². The molecule has 4 nitrogen and oxygen atoms in total. The van der Waals surface area contributed by atoms with Gasteiger partial charge in [-0.05, 0) is 44.9 Å². The largest absolute Gasteiger partial charge is 0.478 e. The van der Waals surface area contributed by atoms with E-state index in [-0.39, 0.29) is 0 Å². The van der Waals surface area contributed by atoms with Crippen LogP contribution in [0.5, 0.6) is 0 Å². The molecule has 19 heavy (non-hydrogen) atoms. The minimum Gasteiger partial charge on any atom is -0.478 e. The number of hydrogen-bond donors (Lipinski definition) is 2. The van der Waals surface area contributed by atoms with Crippen molar-refractivity contribution in [3.63, 3.8) is 0 Å². The number of hydrogen-bond acceptors (Lipinski definition) is 2. The number of aromatic nitrogens is 1. The maximum Gasteiger partial charge on any atom is 0.337 e. The standard InChI is InChI=1S/C15H20N2O2/c1-3-17-10(2)11(8-5-9-16)12-6-4-7-13(14(12)17)15(18)19/h4,6-7H,3,5,8-9,16H2,1-2H3,(H,18,19). The van der Waals surface area contributed by atoms with Gasteiger partial charge in [0.05, 0.1) is 11.1 Å². The lowest BCUT2D eigenvalue weighted by atomic mass is 10.0. The maximum absolute atomic E-state index is 11.4. The molecule has 102 valence electrons. The number of aryl methyl sites for hydroxylation is 2. The summed E-state index contributed by atoms with van der Waals surface area (Å²) in [6, 6.07) is 5.49. The van der Waals surface area contributed by atoms with E-state index in [1.165, 1.54) is 5.56 Å². The van der Waals surface area contributed by atoms with Gasteiger partial charge in [-0.3, -0.25) is 0 Å². The lowest BCUT2D eigenvalue weighted by Crippen LogP contribution is -2.04. The van der Waals surface area contributed by atoms with Crippen LogP contribution in [0.1, 0.15) is 35.0 Å². The van der Waals surface area contributed by atoms with E-state index in [1.807, 2.05) is 19.1 Å². The zero-order valence-corrected chi connectivity index (χ0v) is 11.4. The molecule has 0 unspecified atom stereocenters. The van der Waals surface area contributed by atoms with Crippen LogP contribution in [0.15, 0.2) is 18.2 Å². The third kappa shape index (κ3) is 2.24. The summed E-state index contributed by atoms with van der Waals surface area (Å²) in [5.74, 6) is -0.872. The number of para-hydroxylation sites is 1. The van der Waals surface area contributed by atoms with Crippen molar-refractivity contribution in [2.75, 3.05) is 6.54 Å². The first-order valence-electron chi connectivity index (χ1n) is 6.65. The van der Waals surface area contributed by atoms with E-state index in [1.54, 1.807) is 6.07 Å². The van der Waals surface area contributed by atoms with Crippen LogP contribution in [0.2, 0.25) is 0 Å². The summed E-state index contributed by atoms with van der Waals surface area (Å²) in [4.78, 5) is 11.4. The highest BCUT2D eigenvalue weighted by Gasteiger charge is 2.18. The third-order valence-corrected chi connectivity index (χ3v) is 3.65. The highest BCUT2D eigenvalue weighted by molar-refractivity contribution is 6.03. The summed E-state index contributed by atoms with van der Waals surface area (Å²) >= 11 is 0. The van der Waals surface area contributed by atoms with Gasteiger partial charge in [0.1, 0.15) is 0 Å². The van der Waals surface area contributed by atoms with Crippen molar-refractivity contribution in [2.45, 2.75) is 33.2 Å². The van der Waals surface area contributed by atoms with Gasteiger partial charge in [-0.25, -0.2) is 4.79 Å². The molecule has 0 aliphatic carbocycles. The molecule has 0 aliphatic rings. The number of carbonyl (C=O) groups is 1. The molecule has 0 atom stereocenters. The molecule has 0 fully saturated rings. The number of nitrogens with two attached hydrogens (primary N) is 1. The Morgan fingerprint density at radius 3 is 2.74 bits per heavy atom. The number of rotatable bonds is 5. The second kappa shape index (κ2) is 5.45. The Morgan fingerprint density at radius 2 is 2.16 bits per heavy atom. The number of carboxylic acid groups (broad SMARTS) is 1. The van der Waals surface area contributed by atoms with Crippen molar-refractivity contribution in [3.05, 3.63) is 35.0 Å². The van der Waals surface area contributed by atoms with Crippen LogP contribution in [-0.2, 0) is 13.0 Å². The number of carboxylic acids is 1. The van der Waals surface area contributed by atoms with Crippen LogP contribution in [0.25, 0.3) is 10.9 Å². The van der Waals surface area contributed by atoms with Gasteiger partial charge in [0.25, 0.3) is 0 Å². The highest BCUT2D eigenvalue weighted by Crippen LogP contribution is 2.29. The first-order valence-corrected chi connectivity index (χ1v) is 6.65. The molecule has 1 heterocycles. The maximum atomic E-state index is 11.4. The van der Waals surface area contributed by atoms with Crippen LogP contribution in [0.4, 0.5) is 0 Å². The minimum absolute atomic E-state index is 0.376. The van der Waals surface area contributed by atoms with E-state index in [4.69, 9.17) is 5.73 Å². The Hall–Kier alpha value is -1.81. The Bertz CT molecular complexity index is 614. The number of benzene rings is 1. The molecule has 0 saturated heterocycles. The van der Waals surface area contributed by atoms with Crippen LogP contribution in [0, 0.1) is 6.92 Å². The van der Waals surface area contributed by atoms with Crippen LogP contribution in [0.3, 0.4) is 0 Å². The van der Waals surface area contributed by atoms with Gasteiger partial charge in [0, 0.05) is 17.6 Å². The quantitative estimate of drug-likeness (QED) is 0.868. The summed E-state index contributed by atoms with van der Waals surface area (Å²) < 4.78 is 2.09. The molecule has 0 aliphatic heterocycles. The van der Waals surface area contributed by atoms with E-state index in [2.05, 4.69) is 11.5 Å². The topological polar surface area (TPSA) is 68.2 Å². The summed E-state index contributed by atoms with van der Waals surface area (Å²) in [5, 5.41) is 10.4. The van der Waals surface area contributed by atoms with Gasteiger partial charge in [-0.2, -0.15) is 0 Å². The monoisotopic (exact) mass is 260 g/mol. The first-order chi connectivity index (χ1) is 9.11. The van der Waals surface area contributed by atoms with E-state index in [9.17, 15) is 9.90 Å². The van der Waals surface area contributed by atoms with Crippen molar-refractivity contribution >= 4 is 16.9 Å². The normalized spacial score (nSPS) is 11.1. The number of aromatic carboxylic acids is 1. The zero-order valence-electron chi connectivity index (χ0n) is 11.4. The van der Waals surface area contributed by atoms with E-state index in [0.29, 0.717) is 12.1 Å². The van der Waals surface area contributed by atoms with Gasteiger partial charge in [0.2, 0.25) is 0 Å². The molecule has 4 heteroatoms. The van der Waals surface area contributed by atoms with Gasteiger partial charge in [-0.1, -0.05) is 12.1 Å². The average molecular weight is 260 g/mol. The molecule has 3 N–H and O–H groups in total. The first kappa shape index (κ1) is 13.6. The minimum atomic E-state index is -0.872. The molecular formula is C15H20N2O2. The molecule has 2 rings (SSSR count). The fourth-order valence-corrected chi connectivity index (χ4v) is 2.77. The molecule has 0 amide bonds. The Kier molecular flexibility index (Phi) is 3.90. The van der Waals surface area contributed by atoms with Crippen molar-refractivity contribution in [3.8, 4) is 0 Å². The summed E-state index contributed by atoms with van der Waals surface area (Å²) in [7, 11) is 0. The van der Waals surface area contributed by atoms with Crippen LogP contribution in [-0.4, -0.2) is 22.2 Å². The second-order valence-electron chi connectivity index (χ2n) is 4.71. The zero-order chi connectivity index (χ0) is 14.0. The van der Waals surface area contributed by atoms with Crippen molar-refractivity contribution in [2.24, 2.45) is 5.73 Å². The Balaban J connectivity index is 2.74. The van der Waals surface area contributed by atoms with E-state index < -0.39 is 5.97 Å². The van der Waals surface area contributed by atoms with Crippen LogP contribution < -0.4 is 5.73 Å². The van der Waals surface area contributed by atoms with Crippen molar-refractivity contribution in [1.29, 1.82) is 0 Å². The molecule has 0 radical (unpaired) electrons. The fraction of sp³-hybridized carbons (Fsp3) is 0.400. The molecule has 0 bridgehead atoms. The number of fused-ring (bicyclic) bond motifs is 1. The molecule has 0 saturated carbocycles. The van der Waals surface area contributed by atoms with Gasteiger partial charge in [-0.15, -0.1) is 0 Å². The lowest BCUT2D eigenvalue weighted by Gasteiger charge is -2.06. The molecular weight excluding hydrogens is 240 g/mol. The van der Waals surface area contributed by atoms with Gasteiger partial charge in [0.15, 0.2) is 0 Å². The van der Waals surface area contributed by atoms with E-state index >= 15 is 0 Å². The molecule has 0 spiro atoms. The van der Waals surface area contributed by atoms with Crippen LogP contribution >= 0.6 is 0 Å². The average Bonchev–Trinajstić information content (AvgIpc) is 2.67.